The molecule has 2 heterocycles. The maximum absolute atomic E-state index is 16.1. The van der Waals surface area contributed by atoms with Gasteiger partial charge in [-0.1, -0.05) is 13.0 Å². The number of alkyl halides is 1. The summed E-state index contributed by atoms with van der Waals surface area (Å²) in [6.07, 6.45) is 9.16. The van der Waals surface area contributed by atoms with Crippen LogP contribution in [0.2, 0.25) is 0 Å². The molecule has 2 aliphatic carbocycles. The summed E-state index contributed by atoms with van der Waals surface area (Å²) in [5.74, 6) is 0.494. The van der Waals surface area contributed by atoms with Gasteiger partial charge in [0.15, 0.2) is 5.78 Å². The van der Waals surface area contributed by atoms with Gasteiger partial charge in [-0.15, -0.1) is 0 Å². The van der Waals surface area contributed by atoms with Crippen LogP contribution in [-0.2, 0) is 22.2 Å². The van der Waals surface area contributed by atoms with Gasteiger partial charge in [-0.05, 0) is 30.9 Å². The second-order valence-electron chi connectivity index (χ2n) is 8.30. The van der Waals surface area contributed by atoms with E-state index in [1.165, 1.54) is 30.4 Å². The number of hydrogen-bond donors (Lipinski definition) is 2. The van der Waals surface area contributed by atoms with Crippen molar-refractivity contribution in [2.45, 2.75) is 44.4 Å². The number of Topliss-reactive ketones (excluding diaryl/α,β-unsaturated/α-hetero) is 1. The van der Waals surface area contributed by atoms with E-state index in [0.717, 1.165) is 12.8 Å². The van der Waals surface area contributed by atoms with Gasteiger partial charge >= 0.3 is 0 Å². The number of nitrogens with one attached hydrogen (secondary N) is 2. The number of pyridine rings is 1. The highest BCUT2D eigenvalue weighted by atomic mass is 19.1. The first-order valence-corrected chi connectivity index (χ1v) is 10.9. The van der Waals surface area contributed by atoms with E-state index in [4.69, 9.17) is 4.74 Å². The van der Waals surface area contributed by atoms with Crippen LogP contribution in [-0.4, -0.2) is 44.9 Å². The number of ether oxygens (including phenoxy) is 1. The molecule has 2 unspecified atom stereocenters. The van der Waals surface area contributed by atoms with E-state index >= 15 is 4.39 Å². The van der Waals surface area contributed by atoms with Crippen LogP contribution in [0.15, 0.2) is 42.4 Å². The van der Waals surface area contributed by atoms with Gasteiger partial charge in [-0.2, -0.15) is 15.0 Å². The van der Waals surface area contributed by atoms with E-state index in [0.29, 0.717) is 35.1 Å². The van der Waals surface area contributed by atoms with Crippen molar-refractivity contribution >= 4 is 23.2 Å². The van der Waals surface area contributed by atoms with Gasteiger partial charge in [0.05, 0.1) is 17.4 Å². The second kappa shape index (κ2) is 9.22. The van der Waals surface area contributed by atoms with Gasteiger partial charge in [-0.25, -0.2) is 9.37 Å². The highest BCUT2D eigenvalue weighted by Crippen LogP contribution is 2.39. The van der Waals surface area contributed by atoms with E-state index in [2.05, 4.69) is 25.8 Å². The molecule has 0 radical (unpaired) electrons. The highest BCUT2D eigenvalue weighted by Gasteiger charge is 2.45. The van der Waals surface area contributed by atoms with Crippen LogP contribution in [0, 0.1) is 5.92 Å². The number of aryl methyl sites for hydroxylation is 1. The highest BCUT2D eigenvalue weighted by molar-refractivity contribution is 6.02. The summed E-state index contributed by atoms with van der Waals surface area (Å²) in [6.45, 7) is 1.75. The molecule has 2 aromatic rings. The Hall–Kier alpha value is -3.40. The quantitative estimate of drug-likeness (QED) is 0.559. The first-order valence-electron chi connectivity index (χ1n) is 10.9. The van der Waals surface area contributed by atoms with Crippen molar-refractivity contribution in [2.75, 3.05) is 17.7 Å². The number of ketones is 1. The lowest BCUT2D eigenvalue weighted by atomic mass is 9.88. The fourth-order valence-electron chi connectivity index (χ4n) is 3.81. The number of nitrogens with zero attached hydrogens (tertiary/aromatic N) is 4. The molecule has 0 spiro atoms. The summed E-state index contributed by atoms with van der Waals surface area (Å²) in [5.41, 5.74) is -0.827. The smallest absolute Gasteiger partial charge is 0.225 e. The average molecular weight is 455 g/mol. The van der Waals surface area contributed by atoms with Gasteiger partial charge in [0.25, 0.3) is 0 Å². The molecular formula is C23H27FN6O3. The number of allylic oxidation sites excluding steroid dienone is 2. The van der Waals surface area contributed by atoms with Gasteiger partial charge in [0.1, 0.15) is 17.6 Å². The lowest BCUT2D eigenvalue weighted by Gasteiger charge is -2.33. The van der Waals surface area contributed by atoms with Crippen molar-refractivity contribution in [3.63, 3.8) is 0 Å². The normalized spacial score (nSPS) is 22.1. The predicted octanol–water partition coefficient (Wildman–Crippen LogP) is 3.29. The van der Waals surface area contributed by atoms with Crippen molar-refractivity contribution in [1.29, 1.82) is 0 Å². The zero-order valence-electron chi connectivity index (χ0n) is 18.8. The van der Waals surface area contributed by atoms with Crippen LogP contribution in [0.5, 0.6) is 0 Å². The minimum absolute atomic E-state index is 0.105. The zero-order chi connectivity index (χ0) is 23.6. The topological polar surface area (TPSA) is 111 Å². The fourth-order valence-corrected chi connectivity index (χ4v) is 3.81. The van der Waals surface area contributed by atoms with Gasteiger partial charge < -0.3 is 15.4 Å². The Morgan fingerprint density at radius 3 is 2.76 bits per heavy atom. The van der Waals surface area contributed by atoms with E-state index in [1.807, 2.05) is 0 Å². The monoisotopic (exact) mass is 454 g/mol. The number of halogens is 1. The standard InChI is InChI=1S/C23H27FN6O3/c1-4-18(31)15-12-25-20(28-21(32)10-14-7-8-14)11-17(15)27-16-6-5-9-23(24,22(16)33-3)19-13-26-30(2)29-19/h5-6,9,11-14,22H,4,7-8,10H2,1-3H3,(H2,25,27,28,32). The van der Waals surface area contributed by atoms with E-state index in [-0.39, 0.29) is 23.8 Å². The molecule has 33 heavy (non-hydrogen) atoms. The minimum atomic E-state index is -2.07. The first-order chi connectivity index (χ1) is 15.8. The summed E-state index contributed by atoms with van der Waals surface area (Å²) in [5, 5.41) is 14.0. The largest absolute Gasteiger partial charge is 0.371 e. The molecule has 174 valence electrons. The maximum atomic E-state index is 16.1. The number of aromatic nitrogens is 4. The summed E-state index contributed by atoms with van der Waals surface area (Å²) < 4.78 is 21.6. The Balaban J connectivity index is 1.63. The Labute approximate surface area is 191 Å². The van der Waals surface area contributed by atoms with Crippen molar-refractivity contribution in [3.8, 4) is 0 Å². The van der Waals surface area contributed by atoms with Crippen molar-refractivity contribution in [3.05, 3.63) is 53.6 Å². The molecule has 0 saturated heterocycles. The maximum Gasteiger partial charge on any atom is 0.225 e. The number of hydrogen-bond acceptors (Lipinski definition) is 7. The Morgan fingerprint density at radius 2 is 2.12 bits per heavy atom. The zero-order valence-corrected chi connectivity index (χ0v) is 18.8. The Kier molecular flexibility index (Phi) is 6.37. The molecule has 2 N–H and O–H groups in total. The Bertz CT molecular complexity index is 1120. The molecule has 0 bridgehead atoms. The lowest BCUT2D eigenvalue weighted by molar-refractivity contribution is -0.116. The number of rotatable bonds is 9. The lowest BCUT2D eigenvalue weighted by Crippen LogP contribution is -2.41. The molecule has 2 aliphatic rings. The molecule has 0 aromatic carbocycles. The molecule has 1 fully saturated rings. The van der Waals surface area contributed by atoms with Crippen molar-refractivity contribution in [1.82, 2.24) is 20.0 Å². The average Bonchev–Trinajstić information content (AvgIpc) is 3.49. The molecule has 0 aliphatic heterocycles. The molecule has 1 amide bonds. The Morgan fingerprint density at radius 1 is 1.33 bits per heavy atom. The van der Waals surface area contributed by atoms with E-state index in [9.17, 15) is 9.59 Å². The van der Waals surface area contributed by atoms with Gasteiger partial charge in [0.2, 0.25) is 11.6 Å². The third-order valence-corrected chi connectivity index (χ3v) is 5.75. The van der Waals surface area contributed by atoms with Crippen LogP contribution < -0.4 is 10.6 Å². The van der Waals surface area contributed by atoms with E-state index in [1.54, 1.807) is 32.2 Å². The summed E-state index contributed by atoms with van der Waals surface area (Å²) in [4.78, 5) is 30.3. The van der Waals surface area contributed by atoms with Crippen LogP contribution in [0.3, 0.4) is 0 Å². The molecule has 1 saturated carbocycles. The molecule has 2 atom stereocenters. The number of carbonyl (C=O) groups is 2. The van der Waals surface area contributed by atoms with Crippen LogP contribution in [0.4, 0.5) is 15.9 Å². The number of anilines is 2. The van der Waals surface area contributed by atoms with Crippen molar-refractivity contribution < 1.29 is 18.7 Å². The minimum Gasteiger partial charge on any atom is -0.371 e. The van der Waals surface area contributed by atoms with Crippen LogP contribution in [0.1, 0.15) is 48.7 Å². The van der Waals surface area contributed by atoms with E-state index < -0.39 is 11.8 Å². The third kappa shape index (κ3) is 4.85. The summed E-state index contributed by atoms with van der Waals surface area (Å²) in [7, 11) is 3.01. The molecule has 2 aromatic heterocycles. The van der Waals surface area contributed by atoms with Gasteiger partial charge in [-0.3, -0.25) is 9.59 Å². The number of amides is 1. The number of carbonyl (C=O) groups excluding carboxylic acids is 2. The van der Waals surface area contributed by atoms with Crippen LogP contribution >= 0.6 is 0 Å². The first kappa shape index (κ1) is 22.8. The molecule has 9 nitrogen and oxygen atoms in total. The van der Waals surface area contributed by atoms with Crippen LogP contribution in [0.25, 0.3) is 0 Å². The SMILES string of the molecule is CCC(=O)c1cnc(NC(=O)CC2CC2)cc1NC1=CC=CC(F)(c2cnn(C)n2)C1OC. The summed E-state index contributed by atoms with van der Waals surface area (Å²) >= 11 is 0. The van der Waals surface area contributed by atoms with Gasteiger partial charge in [0, 0.05) is 45.0 Å². The molecule has 10 heteroatoms. The molecule has 4 rings (SSSR count). The molecular weight excluding hydrogens is 427 g/mol. The van der Waals surface area contributed by atoms with Crippen molar-refractivity contribution in [2.24, 2.45) is 13.0 Å². The fraction of sp³-hybridized carbons (Fsp3) is 0.435. The number of methoxy groups -OCH3 is 1. The summed E-state index contributed by atoms with van der Waals surface area (Å²) in [6, 6.07) is 1.59. The predicted molar refractivity (Wildman–Crippen MR) is 120 cm³/mol. The second-order valence-corrected chi connectivity index (χ2v) is 8.30. The third-order valence-electron chi connectivity index (χ3n) is 5.75.